The van der Waals surface area contributed by atoms with Crippen molar-refractivity contribution in [3.63, 3.8) is 0 Å². The lowest BCUT2D eigenvalue weighted by molar-refractivity contribution is 0.314. The van der Waals surface area contributed by atoms with Crippen molar-refractivity contribution >= 4 is 0 Å². The van der Waals surface area contributed by atoms with Crippen LogP contribution in [0.1, 0.15) is 18.7 Å². The number of rotatable bonds is 2. The van der Waals surface area contributed by atoms with E-state index in [4.69, 9.17) is 0 Å². The first-order valence-electron chi connectivity index (χ1n) is 7.05. The third kappa shape index (κ3) is 2.89. The molecule has 0 bridgehead atoms. The van der Waals surface area contributed by atoms with Gasteiger partial charge >= 0.3 is 0 Å². The van der Waals surface area contributed by atoms with Gasteiger partial charge in [0.2, 0.25) is 0 Å². The van der Waals surface area contributed by atoms with Crippen molar-refractivity contribution < 1.29 is 4.39 Å². The second-order valence-electron chi connectivity index (χ2n) is 5.48. The van der Waals surface area contributed by atoms with Gasteiger partial charge in [-0.3, -0.25) is 10.6 Å². The Morgan fingerprint density at radius 2 is 1.35 bits per heavy atom. The molecule has 0 radical (unpaired) electrons. The molecule has 2 nitrogen and oxygen atoms in total. The number of benzene rings is 2. The minimum Gasteiger partial charge on any atom is -0.298 e. The van der Waals surface area contributed by atoms with Crippen LogP contribution in [0.3, 0.4) is 0 Å². The maximum absolute atomic E-state index is 12.9. The molecule has 0 saturated carbocycles. The van der Waals surface area contributed by atoms with E-state index < -0.39 is 0 Å². The van der Waals surface area contributed by atoms with E-state index >= 15 is 0 Å². The number of hydrogen-bond donors (Lipinski definition) is 2. The molecule has 2 aromatic rings. The summed E-state index contributed by atoms with van der Waals surface area (Å²) in [5.41, 5.74) is 3.39. The first-order valence-corrected chi connectivity index (χ1v) is 7.05. The number of hydrogen-bond acceptors (Lipinski definition) is 2. The average Bonchev–Trinajstić information content (AvgIpc) is 2.49. The minimum atomic E-state index is -0.199. The summed E-state index contributed by atoms with van der Waals surface area (Å²) < 4.78 is 12.9. The summed E-state index contributed by atoms with van der Waals surface area (Å²) in [6, 6.07) is 15.0. The third-order valence-corrected chi connectivity index (χ3v) is 3.76. The summed E-state index contributed by atoms with van der Waals surface area (Å²) in [6.07, 6.45) is 0.230. The zero-order valence-electron chi connectivity index (χ0n) is 11.6. The van der Waals surface area contributed by atoms with Gasteiger partial charge in [-0.15, -0.1) is 0 Å². The van der Waals surface area contributed by atoms with Crippen LogP contribution in [0.4, 0.5) is 4.39 Å². The SMILES string of the molecule is CC1CNC(c2ccc(-c3ccc(F)cc3)cc2)NC1. The van der Waals surface area contributed by atoms with Gasteiger partial charge in [-0.2, -0.15) is 0 Å². The molecule has 0 unspecified atom stereocenters. The third-order valence-electron chi connectivity index (χ3n) is 3.76. The van der Waals surface area contributed by atoms with Crippen LogP contribution in [0.5, 0.6) is 0 Å². The monoisotopic (exact) mass is 270 g/mol. The molecule has 1 saturated heterocycles. The van der Waals surface area contributed by atoms with Crippen molar-refractivity contribution in [1.82, 2.24) is 10.6 Å². The molecule has 1 heterocycles. The van der Waals surface area contributed by atoms with Crippen molar-refractivity contribution in [2.24, 2.45) is 5.92 Å². The van der Waals surface area contributed by atoms with Gasteiger partial charge in [-0.1, -0.05) is 43.3 Å². The number of nitrogens with one attached hydrogen (secondary N) is 2. The molecule has 0 aliphatic carbocycles. The molecule has 1 aliphatic heterocycles. The molecule has 2 N–H and O–H groups in total. The second kappa shape index (κ2) is 5.73. The van der Waals surface area contributed by atoms with E-state index in [2.05, 4.69) is 41.8 Å². The molecular formula is C17H19FN2. The summed E-state index contributed by atoms with van der Waals surface area (Å²) in [5.74, 6) is 0.472. The molecule has 0 spiro atoms. The highest BCUT2D eigenvalue weighted by molar-refractivity contribution is 5.63. The van der Waals surface area contributed by atoms with Crippen molar-refractivity contribution in [3.8, 4) is 11.1 Å². The average molecular weight is 270 g/mol. The van der Waals surface area contributed by atoms with Gasteiger partial charge in [0.15, 0.2) is 0 Å². The minimum absolute atomic E-state index is 0.199. The summed E-state index contributed by atoms with van der Waals surface area (Å²) >= 11 is 0. The smallest absolute Gasteiger partial charge is 0.123 e. The zero-order chi connectivity index (χ0) is 13.9. The fourth-order valence-electron chi connectivity index (χ4n) is 2.53. The van der Waals surface area contributed by atoms with Crippen LogP contribution in [-0.4, -0.2) is 13.1 Å². The molecule has 3 rings (SSSR count). The Morgan fingerprint density at radius 3 is 1.90 bits per heavy atom. The van der Waals surface area contributed by atoms with Crippen LogP contribution in [-0.2, 0) is 0 Å². The van der Waals surface area contributed by atoms with Crippen LogP contribution >= 0.6 is 0 Å². The molecule has 1 aliphatic rings. The van der Waals surface area contributed by atoms with Gasteiger partial charge in [-0.25, -0.2) is 4.39 Å². The maximum Gasteiger partial charge on any atom is 0.123 e. The highest BCUT2D eigenvalue weighted by atomic mass is 19.1. The van der Waals surface area contributed by atoms with Crippen LogP contribution in [0.2, 0.25) is 0 Å². The fourth-order valence-corrected chi connectivity index (χ4v) is 2.53. The Hall–Kier alpha value is -1.71. The number of halogens is 1. The van der Waals surface area contributed by atoms with E-state index in [1.54, 1.807) is 0 Å². The molecule has 0 amide bonds. The molecule has 20 heavy (non-hydrogen) atoms. The Morgan fingerprint density at radius 1 is 0.850 bits per heavy atom. The van der Waals surface area contributed by atoms with E-state index in [0.29, 0.717) is 5.92 Å². The zero-order valence-corrected chi connectivity index (χ0v) is 11.6. The van der Waals surface area contributed by atoms with Crippen LogP contribution in [0.25, 0.3) is 11.1 Å². The lowest BCUT2D eigenvalue weighted by Gasteiger charge is -2.29. The van der Waals surface area contributed by atoms with Crippen molar-refractivity contribution in [1.29, 1.82) is 0 Å². The van der Waals surface area contributed by atoms with Gasteiger partial charge in [0, 0.05) is 13.1 Å². The van der Waals surface area contributed by atoms with E-state index in [0.717, 1.165) is 24.2 Å². The molecule has 0 atom stereocenters. The molecule has 3 heteroatoms. The Balaban J connectivity index is 1.76. The summed E-state index contributed by atoms with van der Waals surface area (Å²) in [5, 5.41) is 6.98. The molecule has 0 aromatic heterocycles. The molecule has 2 aromatic carbocycles. The fraction of sp³-hybridized carbons (Fsp3) is 0.294. The van der Waals surface area contributed by atoms with Gasteiger partial charge in [0.25, 0.3) is 0 Å². The van der Waals surface area contributed by atoms with Gasteiger partial charge in [0.1, 0.15) is 5.82 Å². The van der Waals surface area contributed by atoms with Crippen LogP contribution in [0, 0.1) is 11.7 Å². The van der Waals surface area contributed by atoms with E-state index in [-0.39, 0.29) is 12.0 Å². The molecular weight excluding hydrogens is 251 g/mol. The van der Waals surface area contributed by atoms with Crippen LogP contribution in [0.15, 0.2) is 48.5 Å². The maximum atomic E-state index is 12.9. The van der Waals surface area contributed by atoms with Crippen LogP contribution < -0.4 is 10.6 Å². The van der Waals surface area contributed by atoms with E-state index in [9.17, 15) is 4.39 Å². The quantitative estimate of drug-likeness (QED) is 0.874. The lowest BCUT2D eigenvalue weighted by Crippen LogP contribution is -2.45. The normalized spacial score (nSPS) is 22.7. The molecule has 1 fully saturated rings. The predicted molar refractivity (Wildman–Crippen MR) is 79.7 cm³/mol. The Bertz CT molecular complexity index is 555. The largest absolute Gasteiger partial charge is 0.298 e. The standard InChI is InChI=1S/C17H19FN2/c1-12-10-19-17(20-11-12)15-4-2-13(3-5-15)14-6-8-16(18)9-7-14/h2-9,12,17,19-20H,10-11H2,1H3. The van der Waals surface area contributed by atoms with Gasteiger partial charge in [-0.05, 0) is 34.7 Å². The first kappa shape index (κ1) is 13.3. The highest BCUT2D eigenvalue weighted by Gasteiger charge is 2.17. The summed E-state index contributed by atoms with van der Waals surface area (Å²) in [6.45, 7) is 4.31. The second-order valence-corrected chi connectivity index (χ2v) is 5.48. The van der Waals surface area contributed by atoms with E-state index in [1.165, 1.54) is 17.7 Å². The lowest BCUT2D eigenvalue weighted by atomic mass is 10.0. The topological polar surface area (TPSA) is 24.1 Å². The summed E-state index contributed by atoms with van der Waals surface area (Å²) in [7, 11) is 0. The van der Waals surface area contributed by atoms with Gasteiger partial charge in [0.05, 0.1) is 6.17 Å². The van der Waals surface area contributed by atoms with Crippen molar-refractivity contribution in [3.05, 3.63) is 59.9 Å². The first-order chi connectivity index (χ1) is 9.72. The Labute approximate surface area is 119 Å². The van der Waals surface area contributed by atoms with Gasteiger partial charge < -0.3 is 0 Å². The van der Waals surface area contributed by atoms with E-state index in [1.807, 2.05) is 12.1 Å². The Kier molecular flexibility index (Phi) is 3.81. The summed E-state index contributed by atoms with van der Waals surface area (Å²) in [4.78, 5) is 0. The predicted octanol–water partition coefficient (Wildman–Crippen LogP) is 3.32. The molecule has 104 valence electrons. The van der Waals surface area contributed by atoms with Crippen molar-refractivity contribution in [2.75, 3.05) is 13.1 Å². The van der Waals surface area contributed by atoms with Crippen molar-refractivity contribution in [2.45, 2.75) is 13.1 Å². The highest BCUT2D eigenvalue weighted by Crippen LogP contribution is 2.22.